The van der Waals surface area contributed by atoms with Gasteiger partial charge in [0.25, 0.3) is 0 Å². The normalized spacial score (nSPS) is 11.0. The second-order valence-corrected chi connectivity index (χ2v) is 6.74. The lowest BCUT2D eigenvalue weighted by atomic mass is 10.1. The maximum atomic E-state index is 12.1. The highest BCUT2D eigenvalue weighted by Gasteiger charge is 2.11. The molecule has 0 aliphatic carbocycles. The summed E-state index contributed by atoms with van der Waals surface area (Å²) in [4.78, 5) is 16.6. The molecule has 0 saturated heterocycles. The molecular formula is C20H25N5O2. The van der Waals surface area contributed by atoms with Crippen LogP contribution in [0.4, 0.5) is 10.6 Å². The quantitative estimate of drug-likeness (QED) is 0.652. The Kier molecular flexibility index (Phi) is 5.59. The maximum absolute atomic E-state index is 12.1. The highest BCUT2D eigenvalue weighted by Crippen LogP contribution is 2.23. The summed E-state index contributed by atoms with van der Waals surface area (Å²) in [7, 11) is 1.81. The van der Waals surface area contributed by atoms with E-state index in [2.05, 4.69) is 34.6 Å². The third-order valence-electron chi connectivity index (χ3n) is 4.20. The van der Waals surface area contributed by atoms with Crippen LogP contribution in [0.1, 0.15) is 31.2 Å². The fourth-order valence-electron chi connectivity index (χ4n) is 2.71. The molecule has 0 aliphatic rings. The van der Waals surface area contributed by atoms with Crippen LogP contribution in [-0.2, 0) is 7.05 Å². The van der Waals surface area contributed by atoms with Crippen molar-refractivity contribution in [2.45, 2.75) is 26.7 Å². The average Bonchev–Trinajstić information content (AvgIpc) is 3.00. The smallest absolute Gasteiger partial charge is 0.320 e. The van der Waals surface area contributed by atoms with Crippen molar-refractivity contribution in [2.24, 2.45) is 7.05 Å². The highest BCUT2D eigenvalue weighted by atomic mass is 16.5. The number of ether oxygens (including phenoxy) is 1. The van der Waals surface area contributed by atoms with Gasteiger partial charge in [0.1, 0.15) is 23.7 Å². The number of para-hydroxylation sites is 1. The van der Waals surface area contributed by atoms with E-state index >= 15 is 0 Å². The second-order valence-electron chi connectivity index (χ2n) is 6.74. The van der Waals surface area contributed by atoms with Crippen LogP contribution in [0.5, 0.6) is 5.75 Å². The van der Waals surface area contributed by atoms with Gasteiger partial charge in [0.05, 0.1) is 12.2 Å². The van der Waals surface area contributed by atoms with E-state index < -0.39 is 0 Å². The van der Waals surface area contributed by atoms with Crippen LogP contribution in [-0.4, -0.2) is 33.9 Å². The van der Waals surface area contributed by atoms with Crippen LogP contribution >= 0.6 is 0 Å². The Morgan fingerprint density at radius 3 is 2.81 bits per heavy atom. The number of carbonyl (C=O) groups excluding carboxylic acids is 1. The summed E-state index contributed by atoms with van der Waals surface area (Å²) in [5.74, 6) is 1.68. The molecule has 0 unspecified atom stereocenters. The van der Waals surface area contributed by atoms with Crippen LogP contribution in [0.25, 0.3) is 10.9 Å². The van der Waals surface area contributed by atoms with Crippen molar-refractivity contribution in [3.63, 3.8) is 0 Å². The molecule has 2 aromatic heterocycles. The molecule has 3 rings (SSSR count). The summed E-state index contributed by atoms with van der Waals surface area (Å²) in [6, 6.07) is 11.4. The van der Waals surface area contributed by atoms with Crippen molar-refractivity contribution < 1.29 is 9.53 Å². The van der Waals surface area contributed by atoms with E-state index in [4.69, 9.17) is 4.74 Å². The first kappa shape index (κ1) is 18.7. The molecule has 0 aliphatic heterocycles. The van der Waals surface area contributed by atoms with Gasteiger partial charge in [-0.05, 0) is 25.0 Å². The number of nitrogens with one attached hydrogen (secondary N) is 2. The van der Waals surface area contributed by atoms with E-state index in [1.54, 1.807) is 11.7 Å². The van der Waals surface area contributed by atoms with Gasteiger partial charge in [-0.15, -0.1) is 0 Å². The zero-order valence-corrected chi connectivity index (χ0v) is 16.1. The van der Waals surface area contributed by atoms with Crippen molar-refractivity contribution in [1.82, 2.24) is 20.1 Å². The molecule has 2 amide bonds. The summed E-state index contributed by atoms with van der Waals surface area (Å²) >= 11 is 0. The molecule has 7 nitrogen and oxygen atoms in total. The van der Waals surface area contributed by atoms with Gasteiger partial charge in [-0.1, -0.05) is 32.0 Å². The monoisotopic (exact) mass is 367 g/mol. The van der Waals surface area contributed by atoms with E-state index in [1.165, 1.54) is 0 Å². The molecule has 27 heavy (non-hydrogen) atoms. The Labute approximate surface area is 158 Å². The lowest BCUT2D eigenvalue weighted by Crippen LogP contribution is -2.32. The molecule has 2 heterocycles. The first-order chi connectivity index (χ1) is 12.9. The summed E-state index contributed by atoms with van der Waals surface area (Å²) in [6.45, 7) is 6.80. The molecule has 0 saturated carbocycles. The first-order valence-corrected chi connectivity index (χ1v) is 9.02. The number of hydrogen-bond acceptors (Lipinski definition) is 4. The van der Waals surface area contributed by atoms with Crippen molar-refractivity contribution in [3.05, 3.63) is 47.8 Å². The fourth-order valence-corrected chi connectivity index (χ4v) is 2.71. The number of aromatic nitrogens is 3. The molecule has 3 aromatic rings. The van der Waals surface area contributed by atoms with Gasteiger partial charge in [-0.2, -0.15) is 5.10 Å². The number of aryl methyl sites for hydroxylation is 2. The van der Waals surface area contributed by atoms with Crippen LogP contribution in [0.3, 0.4) is 0 Å². The number of fused-ring (bicyclic) bond motifs is 1. The summed E-state index contributed by atoms with van der Waals surface area (Å²) in [5.41, 5.74) is 2.71. The molecule has 0 radical (unpaired) electrons. The van der Waals surface area contributed by atoms with Gasteiger partial charge in [0.2, 0.25) is 0 Å². The number of pyridine rings is 1. The van der Waals surface area contributed by atoms with Crippen molar-refractivity contribution in [1.29, 1.82) is 0 Å². The maximum Gasteiger partial charge on any atom is 0.320 e. The Balaban J connectivity index is 1.52. The number of anilines is 1. The van der Waals surface area contributed by atoms with Crippen molar-refractivity contribution in [2.75, 3.05) is 18.5 Å². The third kappa shape index (κ3) is 4.55. The van der Waals surface area contributed by atoms with Gasteiger partial charge in [0.15, 0.2) is 0 Å². The van der Waals surface area contributed by atoms with Crippen molar-refractivity contribution >= 4 is 22.8 Å². The molecule has 7 heteroatoms. The molecule has 2 N–H and O–H groups in total. The second kappa shape index (κ2) is 8.07. The van der Waals surface area contributed by atoms with Crippen LogP contribution in [0.15, 0.2) is 36.4 Å². The van der Waals surface area contributed by atoms with E-state index in [9.17, 15) is 4.79 Å². The Hall–Kier alpha value is -3.09. The zero-order valence-electron chi connectivity index (χ0n) is 16.1. The largest absolute Gasteiger partial charge is 0.489 e. The lowest BCUT2D eigenvalue weighted by molar-refractivity contribution is 0.247. The number of hydrogen-bond donors (Lipinski definition) is 2. The minimum Gasteiger partial charge on any atom is -0.489 e. The molecular weight excluding hydrogens is 342 g/mol. The van der Waals surface area contributed by atoms with Crippen LogP contribution in [0.2, 0.25) is 0 Å². The van der Waals surface area contributed by atoms with E-state index in [1.807, 2.05) is 43.3 Å². The first-order valence-electron chi connectivity index (χ1n) is 9.02. The Bertz CT molecular complexity index is 949. The molecule has 0 bridgehead atoms. The van der Waals surface area contributed by atoms with E-state index in [0.717, 1.165) is 22.3 Å². The summed E-state index contributed by atoms with van der Waals surface area (Å²) in [6.07, 6.45) is 0. The molecule has 142 valence electrons. The molecule has 0 spiro atoms. The topological polar surface area (TPSA) is 81.1 Å². The van der Waals surface area contributed by atoms with Gasteiger partial charge < -0.3 is 10.1 Å². The number of urea groups is 1. The van der Waals surface area contributed by atoms with E-state index in [0.29, 0.717) is 30.6 Å². The molecule has 0 fully saturated rings. The molecule has 1 aromatic carbocycles. The minimum atomic E-state index is -0.288. The Morgan fingerprint density at radius 1 is 1.26 bits per heavy atom. The van der Waals surface area contributed by atoms with Crippen LogP contribution in [0, 0.1) is 6.92 Å². The number of benzene rings is 1. The standard InChI is InChI=1S/C20H25N5O2/c1-13(2)16-12-18(25(4)24-16)23-20(26)21-10-11-27-17-7-5-6-15-9-8-14(3)22-19(15)17/h5-9,12-13H,10-11H2,1-4H3,(H2,21,23,26). The number of amides is 2. The third-order valence-corrected chi connectivity index (χ3v) is 4.20. The number of nitrogens with zero attached hydrogens (tertiary/aromatic N) is 3. The number of rotatable bonds is 6. The minimum absolute atomic E-state index is 0.288. The zero-order chi connectivity index (χ0) is 19.4. The summed E-state index contributed by atoms with van der Waals surface area (Å²) in [5, 5.41) is 11.0. The van der Waals surface area contributed by atoms with Gasteiger partial charge in [0, 0.05) is 24.2 Å². The van der Waals surface area contributed by atoms with Gasteiger partial charge in [-0.25, -0.2) is 9.78 Å². The van der Waals surface area contributed by atoms with Crippen LogP contribution < -0.4 is 15.4 Å². The fraction of sp³-hybridized carbons (Fsp3) is 0.350. The highest BCUT2D eigenvalue weighted by molar-refractivity contribution is 5.88. The van der Waals surface area contributed by atoms with E-state index in [-0.39, 0.29) is 6.03 Å². The van der Waals surface area contributed by atoms with Crippen molar-refractivity contribution in [3.8, 4) is 5.75 Å². The predicted molar refractivity (Wildman–Crippen MR) is 106 cm³/mol. The molecule has 0 atom stereocenters. The Morgan fingerprint density at radius 2 is 2.07 bits per heavy atom. The average molecular weight is 367 g/mol. The SMILES string of the molecule is Cc1ccc2cccc(OCCNC(=O)Nc3cc(C(C)C)nn3C)c2n1. The van der Waals surface area contributed by atoms with Gasteiger partial charge in [-0.3, -0.25) is 10.00 Å². The number of carbonyl (C=O) groups is 1. The lowest BCUT2D eigenvalue weighted by Gasteiger charge is -2.10. The summed E-state index contributed by atoms with van der Waals surface area (Å²) < 4.78 is 7.47. The van der Waals surface area contributed by atoms with Gasteiger partial charge >= 0.3 is 6.03 Å². The predicted octanol–water partition coefficient (Wildman–Crippen LogP) is 3.60.